The van der Waals surface area contributed by atoms with Crippen LogP contribution in [0.4, 0.5) is 0 Å². The maximum absolute atomic E-state index is 12.8. The summed E-state index contributed by atoms with van der Waals surface area (Å²) < 4.78 is 5.77. The fourth-order valence-corrected chi connectivity index (χ4v) is 3.75. The van der Waals surface area contributed by atoms with Crippen LogP contribution in [0, 0.1) is 12.8 Å². The van der Waals surface area contributed by atoms with Gasteiger partial charge in [-0.1, -0.05) is 55.8 Å². The van der Waals surface area contributed by atoms with Crippen LogP contribution in [0.5, 0.6) is 5.75 Å². The number of hydrogen-bond donors (Lipinski definition) is 0. The van der Waals surface area contributed by atoms with Gasteiger partial charge < -0.3 is 9.64 Å². The summed E-state index contributed by atoms with van der Waals surface area (Å²) in [6, 6.07) is 13.4. The highest BCUT2D eigenvalue weighted by Gasteiger charge is 2.28. The molecule has 0 bridgehead atoms. The Morgan fingerprint density at radius 1 is 1.13 bits per heavy atom. The number of piperidine rings is 1. The van der Waals surface area contributed by atoms with Crippen molar-refractivity contribution in [2.45, 2.75) is 39.5 Å². The van der Waals surface area contributed by atoms with Gasteiger partial charge in [-0.25, -0.2) is 0 Å². The molecule has 0 saturated carbocycles. The average molecular weight is 426 g/mol. The number of benzene rings is 2. The summed E-state index contributed by atoms with van der Waals surface area (Å²) in [5.74, 6) is 0.317. The summed E-state index contributed by atoms with van der Waals surface area (Å²) in [4.78, 5) is 27.0. The van der Waals surface area contributed by atoms with Crippen LogP contribution in [0.15, 0.2) is 48.5 Å². The fraction of sp³-hybridized carbons (Fsp3) is 0.360. The van der Waals surface area contributed by atoms with Crippen molar-refractivity contribution in [1.29, 1.82) is 0 Å². The van der Waals surface area contributed by atoms with E-state index in [-0.39, 0.29) is 23.7 Å². The van der Waals surface area contributed by atoms with E-state index in [4.69, 9.17) is 16.3 Å². The van der Waals surface area contributed by atoms with Crippen LogP contribution >= 0.6 is 11.6 Å². The molecule has 0 unspecified atom stereocenters. The number of ether oxygens (including phenoxy) is 1. The van der Waals surface area contributed by atoms with E-state index in [0.29, 0.717) is 36.7 Å². The lowest BCUT2D eigenvalue weighted by Crippen LogP contribution is -2.40. The number of carbonyl (C=O) groups is 2. The lowest BCUT2D eigenvalue weighted by atomic mass is 9.96. The van der Waals surface area contributed by atoms with Gasteiger partial charge in [-0.15, -0.1) is 0 Å². The molecule has 5 heteroatoms. The van der Waals surface area contributed by atoms with Crippen LogP contribution in [0.25, 0.3) is 6.08 Å². The molecule has 0 radical (unpaired) electrons. The third-order valence-electron chi connectivity index (χ3n) is 5.48. The minimum atomic E-state index is -0.231. The van der Waals surface area contributed by atoms with Gasteiger partial charge in [0, 0.05) is 24.2 Å². The molecule has 3 rings (SSSR count). The van der Waals surface area contributed by atoms with Gasteiger partial charge in [0.05, 0.1) is 5.92 Å². The molecule has 0 aromatic heterocycles. The van der Waals surface area contributed by atoms with E-state index in [1.165, 1.54) is 0 Å². The number of hydrogen-bond acceptors (Lipinski definition) is 3. The highest BCUT2D eigenvalue weighted by atomic mass is 35.5. The van der Waals surface area contributed by atoms with Gasteiger partial charge in [0.2, 0.25) is 5.91 Å². The monoisotopic (exact) mass is 425 g/mol. The van der Waals surface area contributed by atoms with Crippen LogP contribution in [-0.4, -0.2) is 29.9 Å². The molecule has 1 heterocycles. The quantitative estimate of drug-likeness (QED) is 0.354. The van der Waals surface area contributed by atoms with E-state index in [1.54, 1.807) is 11.0 Å². The molecule has 158 valence electrons. The first-order chi connectivity index (χ1) is 14.3. The average Bonchev–Trinajstić information content (AvgIpc) is 2.75. The van der Waals surface area contributed by atoms with Crippen molar-refractivity contribution >= 4 is 29.6 Å². The van der Waals surface area contributed by atoms with E-state index >= 15 is 0 Å². The number of esters is 1. The molecule has 1 aliphatic heterocycles. The largest absolute Gasteiger partial charge is 0.426 e. The number of aryl methyl sites for hydroxylation is 1. The van der Waals surface area contributed by atoms with Crippen LogP contribution < -0.4 is 4.74 Å². The summed E-state index contributed by atoms with van der Waals surface area (Å²) in [6.45, 7) is 7.09. The molecule has 1 amide bonds. The highest BCUT2D eigenvalue weighted by molar-refractivity contribution is 6.31. The second-order valence-corrected chi connectivity index (χ2v) is 8.47. The third-order valence-corrected chi connectivity index (χ3v) is 5.89. The van der Waals surface area contributed by atoms with Crippen LogP contribution in [0.2, 0.25) is 5.02 Å². The Balaban J connectivity index is 1.57. The topological polar surface area (TPSA) is 46.6 Å². The number of halogens is 1. The number of nitrogens with zero attached hydrogens (tertiary/aromatic N) is 1. The molecule has 4 nitrogen and oxygen atoms in total. The first-order valence-electron chi connectivity index (χ1n) is 10.4. The zero-order valence-electron chi connectivity index (χ0n) is 17.7. The third kappa shape index (κ3) is 5.51. The van der Waals surface area contributed by atoms with Gasteiger partial charge in [0.1, 0.15) is 5.75 Å². The maximum atomic E-state index is 12.8. The van der Waals surface area contributed by atoms with Crippen molar-refractivity contribution in [2.75, 3.05) is 13.1 Å². The molecular formula is C25H28ClNO3. The van der Waals surface area contributed by atoms with E-state index in [0.717, 1.165) is 16.7 Å². The molecule has 1 saturated heterocycles. The minimum absolute atomic E-state index is 0.0268. The van der Waals surface area contributed by atoms with Gasteiger partial charge in [-0.2, -0.15) is 0 Å². The molecule has 0 N–H and O–H groups in total. The van der Waals surface area contributed by atoms with Crippen molar-refractivity contribution in [3.63, 3.8) is 0 Å². The zero-order valence-corrected chi connectivity index (χ0v) is 18.5. The summed E-state index contributed by atoms with van der Waals surface area (Å²) >= 11 is 6.24. The highest BCUT2D eigenvalue weighted by Crippen LogP contribution is 2.33. The molecule has 1 fully saturated rings. The van der Waals surface area contributed by atoms with Gasteiger partial charge in [0.25, 0.3) is 0 Å². The van der Waals surface area contributed by atoms with Gasteiger partial charge in [-0.3, -0.25) is 9.59 Å². The van der Waals surface area contributed by atoms with Crippen molar-refractivity contribution in [1.82, 2.24) is 4.90 Å². The second kappa shape index (κ2) is 9.94. The summed E-state index contributed by atoms with van der Waals surface area (Å²) in [5.41, 5.74) is 2.80. The molecule has 0 atom stereocenters. The first kappa shape index (κ1) is 22.1. The molecule has 30 heavy (non-hydrogen) atoms. The van der Waals surface area contributed by atoms with Crippen molar-refractivity contribution in [3.8, 4) is 5.75 Å². The Morgan fingerprint density at radius 3 is 2.43 bits per heavy atom. The summed E-state index contributed by atoms with van der Waals surface area (Å²) in [5, 5.41) is 0.675. The fourth-order valence-electron chi connectivity index (χ4n) is 3.57. The van der Waals surface area contributed by atoms with Crippen molar-refractivity contribution < 1.29 is 14.3 Å². The standard InChI is InChI=1S/C25H28ClNO3/c1-17(2)21-16-22(26)18(3)15-23(21)30-25(29)20-11-13-27(14-12-20)24(28)10-9-19-7-5-4-6-8-19/h4-10,15-17,20H,11-14H2,1-3H3/b10-9+. The first-order valence-corrected chi connectivity index (χ1v) is 10.8. The SMILES string of the molecule is Cc1cc(OC(=O)C2CCN(C(=O)/C=C/c3ccccc3)CC2)c(C(C)C)cc1Cl. The van der Waals surface area contributed by atoms with E-state index in [9.17, 15) is 9.59 Å². The zero-order chi connectivity index (χ0) is 21.7. The minimum Gasteiger partial charge on any atom is -0.426 e. The molecule has 0 spiro atoms. The maximum Gasteiger partial charge on any atom is 0.314 e. The Hall–Kier alpha value is -2.59. The molecule has 2 aromatic carbocycles. The number of carbonyl (C=O) groups excluding carboxylic acids is 2. The summed E-state index contributed by atoms with van der Waals surface area (Å²) in [7, 11) is 0. The van der Waals surface area contributed by atoms with Gasteiger partial charge in [-0.05, 0) is 60.6 Å². The second-order valence-electron chi connectivity index (χ2n) is 8.06. The normalized spacial score (nSPS) is 15.0. The Morgan fingerprint density at radius 2 is 1.80 bits per heavy atom. The van der Waals surface area contributed by atoms with E-state index in [2.05, 4.69) is 0 Å². The summed E-state index contributed by atoms with van der Waals surface area (Å²) in [6.07, 6.45) is 4.62. The van der Waals surface area contributed by atoms with Gasteiger partial charge >= 0.3 is 5.97 Å². The van der Waals surface area contributed by atoms with Crippen LogP contribution in [-0.2, 0) is 9.59 Å². The Labute approximate surface area is 183 Å². The van der Waals surface area contributed by atoms with Crippen LogP contribution in [0.3, 0.4) is 0 Å². The number of amides is 1. The Bertz CT molecular complexity index is 929. The molecule has 2 aromatic rings. The van der Waals surface area contributed by atoms with Gasteiger partial charge in [0.15, 0.2) is 0 Å². The predicted octanol–water partition coefficient (Wildman–Crippen LogP) is 5.63. The molecular weight excluding hydrogens is 398 g/mol. The smallest absolute Gasteiger partial charge is 0.314 e. The molecule has 0 aliphatic carbocycles. The number of rotatable bonds is 5. The Kier molecular flexibility index (Phi) is 7.33. The van der Waals surface area contributed by atoms with Crippen molar-refractivity contribution in [2.24, 2.45) is 5.92 Å². The van der Waals surface area contributed by atoms with Crippen molar-refractivity contribution in [3.05, 3.63) is 70.3 Å². The van der Waals surface area contributed by atoms with E-state index < -0.39 is 0 Å². The molecule has 1 aliphatic rings. The van der Waals surface area contributed by atoms with E-state index in [1.807, 2.05) is 69.3 Å². The van der Waals surface area contributed by atoms with Crippen LogP contribution in [0.1, 0.15) is 49.3 Å². The lowest BCUT2D eigenvalue weighted by molar-refractivity contribution is -0.142. The lowest BCUT2D eigenvalue weighted by Gasteiger charge is -2.30. The number of likely N-dealkylation sites (tertiary alicyclic amines) is 1. The predicted molar refractivity (Wildman–Crippen MR) is 121 cm³/mol.